The minimum atomic E-state index is -0.295. The lowest BCUT2D eigenvalue weighted by Gasteiger charge is -2.14. The molecule has 0 aliphatic rings. The molecule has 0 fully saturated rings. The van der Waals surface area contributed by atoms with Crippen LogP contribution in [0.25, 0.3) is 0 Å². The molecular weight excluding hydrogens is 287 g/mol. The van der Waals surface area contributed by atoms with Gasteiger partial charge in [0.2, 0.25) is 5.91 Å². The molecule has 5 heteroatoms. The molecule has 2 rings (SSSR count). The average molecular weight is 304 g/mol. The highest BCUT2D eigenvalue weighted by molar-refractivity contribution is 8.00. The smallest absolute Gasteiger partial charge is 0.237 e. The number of rotatable bonds is 4. The summed E-state index contributed by atoms with van der Waals surface area (Å²) in [4.78, 5) is 13.1. The molecule has 0 heterocycles. The maximum atomic E-state index is 12.9. The van der Waals surface area contributed by atoms with Gasteiger partial charge in [0.15, 0.2) is 0 Å². The maximum absolute atomic E-state index is 12.9. The van der Waals surface area contributed by atoms with E-state index in [2.05, 4.69) is 5.32 Å². The average Bonchev–Trinajstić information content (AvgIpc) is 2.46. The van der Waals surface area contributed by atoms with Crippen molar-refractivity contribution >= 4 is 29.0 Å². The van der Waals surface area contributed by atoms with Crippen molar-refractivity contribution in [3.63, 3.8) is 0 Å². The fourth-order valence-electron chi connectivity index (χ4n) is 1.79. The van der Waals surface area contributed by atoms with E-state index in [0.29, 0.717) is 11.4 Å². The molecule has 2 aromatic rings. The molecule has 0 aromatic heterocycles. The molecule has 0 aliphatic heterocycles. The molecule has 3 N–H and O–H groups in total. The topological polar surface area (TPSA) is 55.1 Å². The van der Waals surface area contributed by atoms with Crippen LogP contribution in [0.15, 0.2) is 47.4 Å². The zero-order valence-electron chi connectivity index (χ0n) is 11.9. The van der Waals surface area contributed by atoms with Crippen molar-refractivity contribution < 1.29 is 9.18 Å². The van der Waals surface area contributed by atoms with Crippen LogP contribution in [-0.2, 0) is 4.79 Å². The first-order valence-electron chi connectivity index (χ1n) is 6.55. The number of nitrogens with two attached hydrogens (primary N) is 1. The molecule has 3 nitrogen and oxygen atoms in total. The highest BCUT2D eigenvalue weighted by atomic mass is 32.2. The molecule has 1 unspecified atom stereocenters. The number of nitrogens with one attached hydrogen (secondary N) is 1. The van der Waals surface area contributed by atoms with Crippen LogP contribution in [0.2, 0.25) is 0 Å². The molecule has 0 spiro atoms. The summed E-state index contributed by atoms with van der Waals surface area (Å²) in [5, 5.41) is 2.57. The minimum absolute atomic E-state index is 0.113. The van der Waals surface area contributed by atoms with Gasteiger partial charge in [-0.15, -0.1) is 11.8 Å². The van der Waals surface area contributed by atoms with Crippen LogP contribution in [0.5, 0.6) is 0 Å². The Morgan fingerprint density at radius 2 is 1.90 bits per heavy atom. The fourth-order valence-corrected chi connectivity index (χ4v) is 2.66. The zero-order chi connectivity index (χ0) is 15.4. The molecule has 0 saturated heterocycles. The number of amides is 1. The van der Waals surface area contributed by atoms with Crippen molar-refractivity contribution in [3.8, 4) is 0 Å². The van der Waals surface area contributed by atoms with Crippen LogP contribution in [0, 0.1) is 12.7 Å². The first kappa shape index (κ1) is 15.4. The highest BCUT2D eigenvalue weighted by Gasteiger charge is 2.15. The predicted octanol–water partition coefficient (Wildman–Crippen LogP) is 3.84. The third-order valence-electron chi connectivity index (χ3n) is 3.13. The molecule has 2 aromatic carbocycles. The van der Waals surface area contributed by atoms with E-state index < -0.39 is 0 Å². The number of carbonyl (C=O) groups is 1. The Kier molecular flexibility index (Phi) is 4.85. The van der Waals surface area contributed by atoms with Gasteiger partial charge in [0.05, 0.1) is 5.25 Å². The van der Waals surface area contributed by atoms with E-state index in [1.54, 1.807) is 24.3 Å². The van der Waals surface area contributed by atoms with Crippen molar-refractivity contribution in [1.29, 1.82) is 0 Å². The van der Waals surface area contributed by atoms with Crippen molar-refractivity contribution in [2.45, 2.75) is 24.0 Å². The van der Waals surface area contributed by atoms with E-state index in [4.69, 9.17) is 5.73 Å². The Balaban J connectivity index is 2.02. The molecule has 110 valence electrons. The summed E-state index contributed by atoms with van der Waals surface area (Å²) >= 11 is 1.38. The Labute approximate surface area is 127 Å². The zero-order valence-corrected chi connectivity index (χ0v) is 12.7. The van der Waals surface area contributed by atoms with Crippen molar-refractivity contribution in [3.05, 3.63) is 53.8 Å². The summed E-state index contributed by atoms with van der Waals surface area (Å²) in [5.41, 5.74) is 8.03. The fraction of sp³-hybridized carbons (Fsp3) is 0.188. The number of thioether (sulfide) groups is 1. The number of halogens is 1. The standard InChI is InChI=1S/C16H17FN2OS/c1-10-14(18)4-3-5-15(10)19-16(20)11(2)21-13-8-6-12(17)7-9-13/h3-9,11H,18H2,1-2H3,(H,19,20). The predicted molar refractivity (Wildman–Crippen MR) is 85.9 cm³/mol. The SMILES string of the molecule is Cc1c(N)cccc1NC(=O)C(C)Sc1ccc(F)cc1. The summed E-state index contributed by atoms with van der Waals surface area (Å²) in [5.74, 6) is -0.398. The lowest BCUT2D eigenvalue weighted by Crippen LogP contribution is -2.23. The number of carbonyl (C=O) groups excluding carboxylic acids is 1. The number of nitrogen functional groups attached to an aromatic ring is 1. The third-order valence-corrected chi connectivity index (χ3v) is 4.24. The Morgan fingerprint density at radius 3 is 2.57 bits per heavy atom. The molecule has 0 bridgehead atoms. The van der Waals surface area contributed by atoms with Gasteiger partial charge in [-0.1, -0.05) is 6.07 Å². The van der Waals surface area contributed by atoms with Gasteiger partial charge < -0.3 is 11.1 Å². The Bertz CT molecular complexity index is 643. The quantitative estimate of drug-likeness (QED) is 0.666. The molecule has 1 amide bonds. The second kappa shape index (κ2) is 6.63. The van der Waals surface area contributed by atoms with Gasteiger partial charge in [-0.3, -0.25) is 4.79 Å². The van der Waals surface area contributed by atoms with E-state index in [1.165, 1.54) is 23.9 Å². The van der Waals surface area contributed by atoms with Gasteiger partial charge in [-0.25, -0.2) is 4.39 Å². The second-order valence-electron chi connectivity index (χ2n) is 4.72. The van der Waals surface area contributed by atoms with Crippen molar-refractivity contribution in [2.75, 3.05) is 11.1 Å². The minimum Gasteiger partial charge on any atom is -0.398 e. The van der Waals surface area contributed by atoms with Crippen LogP contribution in [0.4, 0.5) is 15.8 Å². The van der Waals surface area contributed by atoms with Gasteiger partial charge in [-0.05, 0) is 55.8 Å². The van der Waals surface area contributed by atoms with Crippen molar-refractivity contribution in [1.82, 2.24) is 0 Å². The molecular formula is C16H17FN2OS. The van der Waals surface area contributed by atoms with E-state index in [9.17, 15) is 9.18 Å². The summed E-state index contributed by atoms with van der Waals surface area (Å²) in [6.07, 6.45) is 0. The Morgan fingerprint density at radius 1 is 1.24 bits per heavy atom. The van der Waals surface area contributed by atoms with Crippen LogP contribution < -0.4 is 11.1 Å². The van der Waals surface area contributed by atoms with Crippen LogP contribution in [-0.4, -0.2) is 11.2 Å². The van der Waals surface area contributed by atoms with Crippen LogP contribution in [0.1, 0.15) is 12.5 Å². The number of benzene rings is 2. The lowest BCUT2D eigenvalue weighted by atomic mass is 10.1. The summed E-state index contributed by atoms with van der Waals surface area (Å²) in [7, 11) is 0. The van der Waals surface area contributed by atoms with Gasteiger partial charge in [0.25, 0.3) is 0 Å². The van der Waals surface area contributed by atoms with Gasteiger partial charge in [-0.2, -0.15) is 0 Å². The molecule has 0 aliphatic carbocycles. The van der Waals surface area contributed by atoms with Crippen LogP contribution in [0.3, 0.4) is 0 Å². The molecule has 0 radical (unpaired) electrons. The van der Waals surface area contributed by atoms with Crippen molar-refractivity contribution in [2.24, 2.45) is 0 Å². The maximum Gasteiger partial charge on any atom is 0.237 e. The van der Waals surface area contributed by atoms with E-state index in [1.807, 2.05) is 19.9 Å². The first-order valence-corrected chi connectivity index (χ1v) is 7.43. The second-order valence-corrected chi connectivity index (χ2v) is 6.14. The van der Waals surface area contributed by atoms with Crippen LogP contribution >= 0.6 is 11.8 Å². The van der Waals surface area contributed by atoms with E-state index in [-0.39, 0.29) is 17.0 Å². The van der Waals surface area contributed by atoms with E-state index >= 15 is 0 Å². The summed E-state index contributed by atoms with van der Waals surface area (Å²) in [6, 6.07) is 11.5. The monoisotopic (exact) mass is 304 g/mol. The third kappa shape index (κ3) is 3.98. The van der Waals surface area contributed by atoms with Gasteiger partial charge in [0, 0.05) is 16.3 Å². The summed E-state index contributed by atoms with van der Waals surface area (Å²) in [6.45, 7) is 3.67. The van der Waals surface area contributed by atoms with E-state index in [0.717, 1.165) is 10.5 Å². The first-order chi connectivity index (χ1) is 9.97. The number of anilines is 2. The number of hydrogen-bond donors (Lipinski definition) is 2. The highest BCUT2D eigenvalue weighted by Crippen LogP contribution is 2.26. The molecule has 1 atom stereocenters. The van der Waals surface area contributed by atoms with Gasteiger partial charge in [0.1, 0.15) is 5.82 Å². The Hall–Kier alpha value is -2.01. The lowest BCUT2D eigenvalue weighted by molar-refractivity contribution is -0.115. The number of hydrogen-bond acceptors (Lipinski definition) is 3. The normalized spacial score (nSPS) is 12.0. The molecule has 21 heavy (non-hydrogen) atoms. The van der Waals surface area contributed by atoms with Gasteiger partial charge >= 0.3 is 0 Å². The summed E-state index contributed by atoms with van der Waals surface area (Å²) < 4.78 is 12.9. The largest absolute Gasteiger partial charge is 0.398 e. The molecule has 0 saturated carbocycles.